The molecule has 6 atom stereocenters. The van der Waals surface area contributed by atoms with Crippen LogP contribution < -0.4 is 14.7 Å². The third-order valence-electron chi connectivity index (χ3n) is 12.2. The largest absolute Gasteiger partial charge is 0.507 e. The first kappa shape index (κ1) is 32.8. The molecule has 5 aliphatic rings. The Hall–Kier alpha value is -5.06. The molecule has 4 aromatic carbocycles. The van der Waals surface area contributed by atoms with E-state index in [1.807, 2.05) is 42.5 Å². The summed E-state index contributed by atoms with van der Waals surface area (Å²) in [5, 5.41) is 13.1. The second-order valence-electron chi connectivity index (χ2n) is 14.6. The van der Waals surface area contributed by atoms with Gasteiger partial charge in [-0.3, -0.25) is 24.1 Å². The van der Waals surface area contributed by atoms with Crippen LogP contribution in [0.1, 0.15) is 31.2 Å². The number of aromatic hydroxyl groups is 1. The first-order valence-electron chi connectivity index (χ1n) is 17.6. The number of imide groups is 2. The van der Waals surface area contributed by atoms with Gasteiger partial charge in [-0.05, 0) is 73.5 Å². The Morgan fingerprint density at radius 1 is 0.827 bits per heavy atom. The molecule has 0 aromatic heterocycles. The Bertz CT molecular complexity index is 2240. The van der Waals surface area contributed by atoms with Crippen LogP contribution in [0.25, 0.3) is 10.8 Å². The zero-order valence-corrected chi connectivity index (χ0v) is 29.1. The molecule has 3 saturated heterocycles. The minimum Gasteiger partial charge on any atom is -0.507 e. The first-order chi connectivity index (χ1) is 25.1. The van der Waals surface area contributed by atoms with E-state index >= 15 is 0 Å². The van der Waals surface area contributed by atoms with Gasteiger partial charge in [0, 0.05) is 35.6 Å². The van der Waals surface area contributed by atoms with Gasteiger partial charge >= 0.3 is 0 Å². The number of carbonyl (C=O) groups excluding carboxylic acids is 4. The summed E-state index contributed by atoms with van der Waals surface area (Å²) in [6.45, 7) is 4.51. The highest BCUT2D eigenvalue weighted by atomic mass is 35.5. The van der Waals surface area contributed by atoms with Crippen LogP contribution in [-0.4, -0.2) is 55.0 Å². The molecule has 11 heteroatoms. The molecule has 0 bridgehead atoms. The molecule has 52 heavy (non-hydrogen) atoms. The molecule has 3 heterocycles. The third-order valence-corrected chi connectivity index (χ3v) is 12.5. The Labute approximate surface area is 304 Å². The fourth-order valence-corrected chi connectivity index (χ4v) is 9.80. The standard InChI is InChI=1S/C41H35ClFN3O6/c1-41-31(38(49)46(40(41)51)25-11-15-33(43)32(42)20-25)21-30-27(35(41)29-12-6-22-4-2-3-5-26(22)36(29)47)13-14-28-34(30)39(50)45(37(28)48)24-9-7-23(8-10-24)44-16-18-52-19-17-44/h2-13,15,20,28,30-31,34-35,47H,14,16-19,21H2,1H3/t28-,30+,31-,34-,35+,41+/m0/s1. The number of phenols is 1. The van der Waals surface area contributed by atoms with E-state index in [1.165, 1.54) is 17.0 Å². The number of carbonyl (C=O) groups is 4. The minimum absolute atomic E-state index is 0.00826. The Morgan fingerprint density at radius 2 is 1.54 bits per heavy atom. The van der Waals surface area contributed by atoms with Crippen molar-refractivity contribution in [1.29, 1.82) is 0 Å². The molecule has 9 rings (SSSR count). The van der Waals surface area contributed by atoms with Crippen molar-refractivity contribution in [1.82, 2.24) is 0 Å². The first-order valence-corrected chi connectivity index (χ1v) is 18.0. The molecular weight excluding hydrogens is 685 g/mol. The smallest absolute Gasteiger partial charge is 0.241 e. The number of rotatable bonds is 4. The van der Waals surface area contributed by atoms with Gasteiger partial charge in [0.1, 0.15) is 11.6 Å². The number of allylic oxidation sites excluding steroid dienone is 2. The van der Waals surface area contributed by atoms with Crippen molar-refractivity contribution in [2.75, 3.05) is 41.0 Å². The summed E-state index contributed by atoms with van der Waals surface area (Å²) < 4.78 is 19.7. The van der Waals surface area contributed by atoms with Gasteiger partial charge in [0.15, 0.2) is 0 Å². The molecule has 4 amide bonds. The predicted molar refractivity (Wildman–Crippen MR) is 194 cm³/mol. The van der Waals surface area contributed by atoms with Crippen LogP contribution in [-0.2, 0) is 23.9 Å². The van der Waals surface area contributed by atoms with Crippen molar-refractivity contribution < 1.29 is 33.4 Å². The molecule has 0 spiro atoms. The number of morpholine rings is 1. The van der Waals surface area contributed by atoms with Gasteiger partial charge in [-0.15, -0.1) is 0 Å². The van der Waals surface area contributed by atoms with Gasteiger partial charge in [-0.1, -0.05) is 59.6 Å². The van der Waals surface area contributed by atoms with Gasteiger partial charge in [0.05, 0.1) is 52.8 Å². The van der Waals surface area contributed by atoms with Crippen molar-refractivity contribution in [3.8, 4) is 5.75 Å². The summed E-state index contributed by atoms with van der Waals surface area (Å²) in [5.74, 6) is -6.00. The number of hydrogen-bond donors (Lipinski definition) is 1. The number of hydrogen-bond acceptors (Lipinski definition) is 7. The number of amides is 4. The maximum atomic E-state index is 14.7. The number of fused-ring (bicyclic) bond motifs is 5. The third kappa shape index (κ3) is 4.63. The van der Waals surface area contributed by atoms with E-state index in [2.05, 4.69) is 4.90 Å². The second kappa shape index (κ2) is 12.0. The van der Waals surface area contributed by atoms with Crippen LogP contribution in [0, 0.1) is 34.9 Å². The Balaban J connectivity index is 1.14. The number of phenolic OH excluding ortho intramolecular Hbond substituents is 1. The fourth-order valence-electron chi connectivity index (χ4n) is 9.62. The van der Waals surface area contributed by atoms with Gasteiger partial charge in [0.25, 0.3) is 0 Å². The van der Waals surface area contributed by atoms with Crippen LogP contribution in [0.15, 0.2) is 90.5 Å². The average Bonchev–Trinajstić information content (AvgIpc) is 3.53. The van der Waals surface area contributed by atoms with Crippen LogP contribution in [0.3, 0.4) is 0 Å². The molecule has 264 valence electrons. The molecule has 4 aromatic rings. The lowest BCUT2D eigenvalue weighted by Crippen LogP contribution is -2.48. The highest BCUT2D eigenvalue weighted by Gasteiger charge is 2.68. The van der Waals surface area contributed by atoms with E-state index in [1.54, 1.807) is 31.2 Å². The molecule has 2 aliphatic carbocycles. The van der Waals surface area contributed by atoms with Gasteiger partial charge in [0.2, 0.25) is 23.6 Å². The van der Waals surface area contributed by atoms with E-state index in [0.717, 1.165) is 40.7 Å². The number of nitrogens with zero attached hydrogens (tertiary/aromatic N) is 3. The number of ether oxygens (including phenoxy) is 1. The lowest BCUT2D eigenvalue weighted by Gasteiger charge is -2.49. The Morgan fingerprint density at radius 3 is 2.29 bits per heavy atom. The summed E-state index contributed by atoms with van der Waals surface area (Å²) in [6, 6.07) is 22.2. The maximum Gasteiger partial charge on any atom is 0.241 e. The van der Waals surface area contributed by atoms with E-state index < -0.39 is 52.6 Å². The summed E-state index contributed by atoms with van der Waals surface area (Å²) in [5.41, 5.74) is 1.46. The molecule has 0 radical (unpaired) electrons. The summed E-state index contributed by atoms with van der Waals surface area (Å²) in [7, 11) is 0. The van der Waals surface area contributed by atoms with Crippen LogP contribution in [0.4, 0.5) is 21.5 Å². The van der Waals surface area contributed by atoms with E-state index in [0.29, 0.717) is 29.9 Å². The zero-order valence-electron chi connectivity index (χ0n) is 28.3. The summed E-state index contributed by atoms with van der Waals surface area (Å²) in [4.78, 5) is 62.4. The number of anilines is 3. The van der Waals surface area contributed by atoms with E-state index in [9.17, 15) is 28.7 Å². The summed E-state index contributed by atoms with van der Waals surface area (Å²) in [6.07, 6.45) is 2.37. The molecule has 0 unspecified atom stereocenters. The van der Waals surface area contributed by atoms with Crippen molar-refractivity contribution >= 4 is 63.1 Å². The highest BCUT2D eigenvalue weighted by molar-refractivity contribution is 6.32. The van der Waals surface area contributed by atoms with Crippen LogP contribution in [0.2, 0.25) is 5.02 Å². The lowest BCUT2D eigenvalue weighted by atomic mass is 9.51. The zero-order chi connectivity index (χ0) is 36.1. The predicted octanol–water partition coefficient (Wildman–Crippen LogP) is 6.61. The van der Waals surface area contributed by atoms with Crippen LogP contribution >= 0.6 is 11.6 Å². The van der Waals surface area contributed by atoms with Gasteiger partial charge < -0.3 is 14.7 Å². The van der Waals surface area contributed by atoms with E-state index in [4.69, 9.17) is 16.3 Å². The van der Waals surface area contributed by atoms with Gasteiger partial charge in [-0.2, -0.15) is 0 Å². The monoisotopic (exact) mass is 719 g/mol. The number of benzene rings is 4. The molecule has 3 aliphatic heterocycles. The second-order valence-corrected chi connectivity index (χ2v) is 15.0. The minimum atomic E-state index is -1.38. The van der Waals surface area contributed by atoms with E-state index in [-0.39, 0.29) is 41.1 Å². The fraction of sp³-hybridized carbons (Fsp3) is 0.317. The van der Waals surface area contributed by atoms with Crippen molar-refractivity contribution in [3.63, 3.8) is 0 Å². The molecule has 9 nitrogen and oxygen atoms in total. The normalized spacial score (nSPS) is 28.6. The highest BCUT2D eigenvalue weighted by Crippen LogP contribution is 2.65. The molecule has 4 fully saturated rings. The van der Waals surface area contributed by atoms with Crippen molar-refractivity contribution in [3.05, 3.63) is 107 Å². The SMILES string of the molecule is C[C@@]12C(=O)N(c3ccc(F)c(Cl)c3)C(=O)[C@@H]1C[C@@H]1C(=CC[C@@H]3C(=O)N(c4ccc(N5CCOCC5)cc4)C(=O)[C@@H]31)[C@@H]2c1ccc2ccccc2c1O. The van der Waals surface area contributed by atoms with Crippen molar-refractivity contribution in [2.45, 2.75) is 25.7 Å². The van der Waals surface area contributed by atoms with Crippen molar-refractivity contribution in [2.24, 2.45) is 29.1 Å². The van der Waals surface area contributed by atoms with Crippen LogP contribution in [0.5, 0.6) is 5.75 Å². The lowest BCUT2D eigenvalue weighted by molar-refractivity contribution is -0.131. The average molecular weight is 720 g/mol. The maximum absolute atomic E-state index is 14.7. The number of halogens is 2. The molecule has 1 N–H and O–H groups in total. The summed E-state index contributed by atoms with van der Waals surface area (Å²) >= 11 is 6.13. The molecule has 1 saturated carbocycles. The topological polar surface area (TPSA) is 107 Å². The quantitative estimate of drug-likeness (QED) is 0.187. The van der Waals surface area contributed by atoms with Gasteiger partial charge in [-0.25, -0.2) is 9.29 Å². The Kier molecular flexibility index (Phi) is 7.57. The molecular formula is C41H35ClFN3O6.